The van der Waals surface area contributed by atoms with Gasteiger partial charge in [-0.15, -0.1) is 0 Å². The highest BCUT2D eigenvalue weighted by Crippen LogP contribution is 2.18. The third-order valence-corrected chi connectivity index (χ3v) is 3.21. The summed E-state index contributed by atoms with van der Waals surface area (Å²) in [7, 11) is 1.63. The second-order valence-electron chi connectivity index (χ2n) is 4.96. The van der Waals surface area contributed by atoms with Crippen LogP contribution in [0.5, 0.6) is 0 Å². The molecule has 0 atom stereocenters. The predicted octanol–water partition coefficient (Wildman–Crippen LogP) is 2.95. The summed E-state index contributed by atoms with van der Waals surface area (Å²) in [6.45, 7) is 2.95. The quantitative estimate of drug-likeness (QED) is 0.761. The highest BCUT2D eigenvalue weighted by atomic mass is 35.5. The van der Waals surface area contributed by atoms with Crippen LogP contribution in [0, 0.1) is 6.92 Å². The number of benzene rings is 1. The number of aromatic nitrogens is 2. The molecular weight excluding hydrogens is 316 g/mol. The number of ether oxygens (including phenoxy) is 1. The lowest BCUT2D eigenvalue weighted by Gasteiger charge is -2.09. The summed E-state index contributed by atoms with van der Waals surface area (Å²) in [5.41, 5.74) is 1.78. The molecule has 0 aliphatic carbocycles. The van der Waals surface area contributed by atoms with Crippen LogP contribution in [0.15, 0.2) is 30.3 Å². The van der Waals surface area contributed by atoms with E-state index in [2.05, 4.69) is 20.6 Å². The lowest BCUT2D eigenvalue weighted by molar-refractivity contribution is 0.0943. The van der Waals surface area contributed by atoms with Crippen LogP contribution in [0.25, 0.3) is 0 Å². The van der Waals surface area contributed by atoms with E-state index >= 15 is 0 Å². The summed E-state index contributed by atoms with van der Waals surface area (Å²) >= 11 is 5.95. The van der Waals surface area contributed by atoms with Gasteiger partial charge >= 0.3 is 0 Å². The monoisotopic (exact) mass is 334 g/mol. The van der Waals surface area contributed by atoms with Crippen molar-refractivity contribution in [3.05, 3.63) is 46.7 Å². The number of hydrogen-bond acceptors (Lipinski definition) is 5. The summed E-state index contributed by atoms with van der Waals surface area (Å²) in [4.78, 5) is 20.7. The van der Waals surface area contributed by atoms with E-state index < -0.39 is 0 Å². The van der Waals surface area contributed by atoms with Gasteiger partial charge in [-0.05, 0) is 37.6 Å². The molecule has 1 amide bonds. The first-order chi connectivity index (χ1) is 11.1. The van der Waals surface area contributed by atoms with Gasteiger partial charge in [-0.2, -0.15) is 0 Å². The maximum absolute atomic E-state index is 12.1. The Kier molecular flexibility index (Phi) is 6.31. The van der Waals surface area contributed by atoms with Crippen LogP contribution >= 0.6 is 11.6 Å². The van der Waals surface area contributed by atoms with Crippen LogP contribution in [0.2, 0.25) is 5.02 Å². The van der Waals surface area contributed by atoms with E-state index in [-0.39, 0.29) is 5.91 Å². The summed E-state index contributed by atoms with van der Waals surface area (Å²) < 4.78 is 4.95. The van der Waals surface area contributed by atoms with Gasteiger partial charge in [0.1, 0.15) is 5.69 Å². The first-order valence-electron chi connectivity index (χ1n) is 7.24. The lowest BCUT2D eigenvalue weighted by Crippen LogP contribution is -2.26. The van der Waals surface area contributed by atoms with Crippen molar-refractivity contribution in [2.24, 2.45) is 0 Å². The minimum absolute atomic E-state index is 0.235. The number of rotatable bonds is 7. The Labute approximate surface area is 140 Å². The van der Waals surface area contributed by atoms with Crippen LogP contribution in [0.1, 0.15) is 22.6 Å². The molecule has 2 aromatic rings. The number of halogens is 1. The molecule has 0 saturated carbocycles. The summed E-state index contributed by atoms with van der Waals surface area (Å²) in [6, 6.07) is 8.86. The number of nitrogens with one attached hydrogen (secondary N) is 2. The van der Waals surface area contributed by atoms with Crippen molar-refractivity contribution < 1.29 is 9.53 Å². The van der Waals surface area contributed by atoms with Crippen molar-refractivity contribution in [1.82, 2.24) is 15.3 Å². The maximum Gasteiger partial charge on any atom is 0.270 e. The molecule has 23 heavy (non-hydrogen) atoms. The van der Waals surface area contributed by atoms with E-state index in [1.165, 1.54) is 0 Å². The Morgan fingerprint density at radius 3 is 2.87 bits per heavy atom. The molecule has 0 spiro atoms. The summed E-state index contributed by atoms with van der Waals surface area (Å²) in [5.74, 6) is 0.120. The highest BCUT2D eigenvalue weighted by molar-refractivity contribution is 6.30. The zero-order chi connectivity index (χ0) is 16.7. The average Bonchev–Trinajstić information content (AvgIpc) is 2.51. The van der Waals surface area contributed by atoms with Crippen molar-refractivity contribution in [3.8, 4) is 0 Å². The number of methoxy groups -OCH3 is 1. The number of carbonyl (C=O) groups is 1. The van der Waals surface area contributed by atoms with Crippen molar-refractivity contribution in [2.45, 2.75) is 13.3 Å². The lowest BCUT2D eigenvalue weighted by atomic mass is 10.3. The molecule has 0 bridgehead atoms. The van der Waals surface area contributed by atoms with Gasteiger partial charge in [-0.3, -0.25) is 4.79 Å². The van der Waals surface area contributed by atoms with Crippen LogP contribution in [0.4, 0.5) is 11.6 Å². The number of hydrogen-bond donors (Lipinski definition) is 2. The minimum Gasteiger partial charge on any atom is -0.385 e. The molecule has 1 aromatic heterocycles. The number of nitrogens with zero attached hydrogens (tertiary/aromatic N) is 2. The molecule has 2 N–H and O–H groups in total. The molecule has 0 fully saturated rings. The van der Waals surface area contributed by atoms with Gasteiger partial charge in [-0.1, -0.05) is 17.7 Å². The molecule has 1 heterocycles. The molecule has 0 unspecified atom stereocenters. The third-order valence-electron chi connectivity index (χ3n) is 2.98. The molecule has 1 aromatic carbocycles. The number of anilines is 2. The highest BCUT2D eigenvalue weighted by Gasteiger charge is 2.10. The molecule has 6 nitrogen and oxygen atoms in total. The first kappa shape index (κ1) is 17.2. The van der Waals surface area contributed by atoms with Crippen molar-refractivity contribution in [2.75, 3.05) is 25.6 Å². The van der Waals surface area contributed by atoms with E-state index in [4.69, 9.17) is 16.3 Å². The van der Waals surface area contributed by atoms with Crippen molar-refractivity contribution in [3.63, 3.8) is 0 Å². The zero-order valence-corrected chi connectivity index (χ0v) is 13.9. The molecule has 0 radical (unpaired) electrons. The Hall–Kier alpha value is -2.18. The number of carbonyl (C=O) groups excluding carboxylic acids is 1. The fraction of sp³-hybridized carbons (Fsp3) is 0.312. The molecule has 122 valence electrons. The molecule has 0 aliphatic heterocycles. The Bertz CT molecular complexity index is 679. The maximum atomic E-state index is 12.1. The molecule has 2 rings (SSSR count). The Morgan fingerprint density at radius 2 is 2.13 bits per heavy atom. The van der Waals surface area contributed by atoms with Crippen LogP contribution < -0.4 is 10.6 Å². The minimum atomic E-state index is -0.235. The van der Waals surface area contributed by atoms with Crippen LogP contribution in [0.3, 0.4) is 0 Å². The Balaban J connectivity index is 2.07. The van der Waals surface area contributed by atoms with E-state index in [1.807, 2.05) is 19.1 Å². The smallest absolute Gasteiger partial charge is 0.270 e. The van der Waals surface area contributed by atoms with Gasteiger partial charge < -0.3 is 15.4 Å². The van der Waals surface area contributed by atoms with E-state index in [0.29, 0.717) is 35.5 Å². The molecule has 0 saturated heterocycles. The van der Waals surface area contributed by atoms with Gasteiger partial charge in [-0.25, -0.2) is 9.97 Å². The van der Waals surface area contributed by atoms with E-state index in [1.54, 1.807) is 25.3 Å². The first-order valence-corrected chi connectivity index (χ1v) is 7.61. The van der Waals surface area contributed by atoms with E-state index in [9.17, 15) is 4.79 Å². The van der Waals surface area contributed by atoms with Crippen molar-refractivity contribution >= 4 is 29.1 Å². The van der Waals surface area contributed by atoms with Gasteiger partial charge in [0.2, 0.25) is 5.95 Å². The second-order valence-corrected chi connectivity index (χ2v) is 5.39. The van der Waals surface area contributed by atoms with Crippen LogP contribution in [-0.2, 0) is 4.74 Å². The number of aryl methyl sites for hydroxylation is 1. The van der Waals surface area contributed by atoms with Gasteiger partial charge in [0.05, 0.1) is 0 Å². The largest absolute Gasteiger partial charge is 0.385 e. The predicted molar refractivity (Wildman–Crippen MR) is 90.3 cm³/mol. The fourth-order valence-corrected chi connectivity index (χ4v) is 2.14. The SMILES string of the molecule is COCCCNC(=O)c1cc(C)nc(Nc2cccc(Cl)c2)n1. The van der Waals surface area contributed by atoms with Crippen LogP contribution in [-0.4, -0.2) is 36.1 Å². The van der Waals surface area contributed by atoms with E-state index in [0.717, 1.165) is 12.1 Å². The average molecular weight is 335 g/mol. The Morgan fingerprint density at radius 1 is 1.30 bits per heavy atom. The molecule has 7 heteroatoms. The van der Waals surface area contributed by atoms with Gasteiger partial charge in [0.25, 0.3) is 5.91 Å². The van der Waals surface area contributed by atoms with Gasteiger partial charge in [0.15, 0.2) is 0 Å². The topological polar surface area (TPSA) is 76.1 Å². The molecular formula is C16H19ClN4O2. The van der Waals surface area contributed by atoms with Crippen molar-refractivity contribution in [1.29, 1.82) is 0 Å². The normalized spacial score (nSPS) is 10.4. The zero-order valence-electron chi connectivity index (χ0n) is 13.1. The fourth-order valence-electron chi connectivity index (χ4n) is 1.95. The van der Waals surface area contributed by atoms with Gasteiger partial charge in [0, 0.05) is 36.7 Å². The summed E-state index contributed by atoms with van der Waals surface area (Å²) in [5, 5.41) is 6.46. The standard InChI is InChI=1S/C16H19ClN4O2/c1-11-9-14(15(22)18-7-4-8-23-2)21-16(19-11)20-13-6-3-5-12(17)10-13/h3,5-6,9-10H,4,7-8H2,1-2H3,(H,18,22)(H,19,20,21). The second kappa shape index (κ2) is 8.45. The molecule has 0 aliphatic rings. The summed E-state index contributed by atoms with van der Waals surface area (Å²) in [6.07, 6.45) is 0.750. The third kappa shape index (κ3) is 5.50. The number of amides is 1.